The summed E-state index contributed by atoms with van der Waals surface area (Å²) in [6.07, 6.45) is 2.01. The van der Waals surface area contributed by atoms with Crippen LogP contribution >= 0.6 is 54.8 Å². The molecule has 1 fully saturated rings. The van der Waals surface area contributed by atoms with Gasteiger partial charge in [0, 0.05) is 16.0 Å². The van der Waals surface area contributed by atoms with Gasteiger partial charge in [-0.1, -0.05) is 23.7 Å². The molecule has 1 unspecified atom stereocenters. The molecule has 21 heavy (non-hydrogen) atoms. The summed E-state index contributed by atoms with van der Waals surface area (Å²) in [5.41, 5.74) is 1.11. The number of nitrogens with zero attached hydrogens (tertiary/aromatic N) is 1. The number of rotatable bonds is 2. The quantitative estimate of drug-likeness (QED) is 0.559. The van der Waals surface area contributed by atoms with Gasteiger partial charge in [0.2, 0.25) is 0 Å². The average molecular weight is 450 g/mol. The van der Waals surface area contributed by atoms with E-state index in [1.165, 1.54) is 11.3 Å². The zero-order valence-electron chi connectivity index (χ0n) is 11.0. The van der Waals surface area contributed by atoms with Crippen LogP contribution in [0.1, 0.15) is 34.1 Å². The molecule has 0 aliphatic carbocycles. The van der Waals surface area contributed by atoms with Gasteiger partial charge in [-0.3, -0.25) is 4.79 Å². The largest absolute Gasteiger partial charge is 0.331 e. The molecule has 1 atom stereocenters. The van der Waals surface area contributed by atoms with Crippen LogP contribution in [0, 0.1) is 0 Å². The Morgan fingerprint density at radius 1 is 1.33 bits per heavy atom. The van der Waals surface area contributed by atoms with E-state index in [-0.39, 0.29) is 11.9 Å². The average Bonchev–Trinajstić information content (AvgIpc) is 3.06. The summed E-state index contributed by atoms with van der Waals surface area (Å²) in [6.45, 7) is 0.795. The standard InChI is InChI=1S/C15H12Br2ClNOS/c16-11-8-13(21-14(11)17)15(20)19-6-2-5-12(19)9-3-1-4-10(18)7-9/h1,3-4,7-8,12H,2,5-6H2. The Bertz CT molecular complexity index is 669. The van der Waals surface area contributed by atoms with E-state index >= 15 is 0 Å². The number of hydrogen-bond donors (Lipinski definition) is 0. The molecule has 1 amide bonds. The lowest BCUT2D eigenvalue weighted by Gasteiger charge is -2.24. The zero-order chi connectivity index (χ0) is 15.0. The van der Waals surface area contributed by atoms with E-state index in [1.54, 1.807) is 0 Å². The molecule has 0 bridgehead atoms. The molecule has 1 aromatic heterocycles. The van der Waals surface area contributed by atoms with Crippen LogP contribution in [0.25, 0.3) is 0 Å². The molecule has 1 saturated heterocycles. The van der Waals surface area contributed by atoms with Crippen LogP contribution in [0.4, 0.5) is 0 Å². The van der Waals surface area contributed by atoms with Crippen LogP contribution in [0.5, 0.6) is 0 Å². The molecule has 0 N–H and O–H groups in total. The molecular formula is C15H12Br2ClNOS. The zero-order valence-corrected chi connectivity index (χ0v) is 15.7. The second-order valence-corrected chi connectivity index (χ2v) is 8.60. The van der Waals surface area contributed by atoms with Crippen molar-refractivity contribution >= 4 is 60.7 Å². The van der Waals surface area contributed by atoms with E-state index in [0.717, 1.165) is 38.1 Å². The third-order valence-electron chi connectivity index (χ3n) is 3.60. The molecule has 1 aliphatic rings. The normalized spacial score (nSPS) is 18.2. The van der Waals surface area contributed by atoms with Crippen molar-refractivity contribution in [3.05, 3.63) is 54.1 Å². The van der Waals surface area contributed by atoms with Gasteiger partial charge in [0.15, 0.2) is 0 Å². The van der Waals surface area contributed by atoms with Crippen molar-refractivity contribution in [1.82, 2.24) is 4.90 Å². The highest BCUT2D eigenvalue weighted by atomic mass is 79.9. The molecular weight excluding hydrogens is 437 g/mol. The third kappa shape index (κ3) is 3.21. The van der Waals surface area contributed by atoms with Gasteiger partial charge in [0.05, 0.1) is 14.7 Å². The van der Waals surface area contributed by atoms with Crippen LogP contribution in [0.3, 0.4) is 0 Å². The predicted octanol–water partition coefficient (Wildman–Crippen LogP) is 5.90. The Labute approximate surface area is 149 Å². The number of hydrogen-bond acceptors (Lipinski definition) is 2. The second kappa shape index (κ2) is 6.41. The lowest BCUT2D eigenvalue weighted by Crippen LogP contribution is -2.29. The molecule has 2 heterocycles. The van der Waals surface area contributed by atoms with Crippen molar-refractivity contribution in [1.29, 1.82) is 0 Å². The number of carbonyl (C=O) groups is 1. The number of benzene rings is 1. The Kier molecular flexibility index (Phi) is 4.74. The van der Waals surface area contributed by atoms with Crippen molar-refractivity contribution in [3.8, 4) is 0 Å². The molecule has 0 radical (unpaired) electrons. The van der Waals surface area contributed by atoms with Gasteiger partial charge in [0.1, 0.15) is 0 Å². The fraction of sp³-hybridized carbons (Fsp3) is 0.267. The summed E-state index contributed by atoms with van der Waals surface area (Å²) < 4.78 is 1.87. The van der Waals surface area contributed by atoms with Crippen LogP contribution in [0.2, 0.25) is 5.02 Å². The second-order valence-electron chi connectivity index (χ2n) is 4.94. The van der Waals surface area contributed by atoms with Gasteiger partial charge in [-0.05, 0) is 68.5 Å². The molecule has 2 aromatic rings. The van der Waals surface area contributed by atoms with E-state index in [0.29, 0.717) is 5.02 Å². The molecule has 1 aromatic carbocycles. The lowest BCUT2D eigenvalue weighted by atomic mass is 10.0. The Morgan fingerprint density at radius 3 is 2.81 bits per heavy atom. The minimum absolute atomic E-state index is 0.0916. The minimum atomic E-state index is 0.0916. The van der Waals surface area contributed by atoms with Crippen LogP contribution in [-0.2, 0) is 0 Å². The van der Waals surface area contributed by atoms with Gasteiger partial charge in [-0.2, -0.15) is 0 Å². The molecule has 1 aliphatic heterocycles. The molecule has 6 heteroatoms. The van der Waals surface area contributed by atoms with Gasteiger partial charge in [0.25, 0.3) is 5.91 Å². The highest BCUT2D eigenvalue weighted by Gasteiger charge is 2.31. The van der Waals surface area contributed by atoms with Gasteiger partial charge >= 0.3 is 0 Å². The van der Waals surface area contributed by atoms with Gasteiger partial charge in [-0.15, -0.1) is 11.3 Å². The number of carbonyl (C=O) groups excluding carboxylic acids is 1. The summed E-state index contributed by atoms with van der Waals surface area (Å²) in [5, 5.41) is 0.716. The molecule has 110 valence electrons. The minimum Gasteiger partial charge on any atom is -0.331 e. The first-order chi connectivity index (χ1) is 10.1. The number of amides is 1. The number of thiophene rings is 1. The van der Waals surface area contributed by atoms with E-state index in [1.807, 2.05) is 35.2 Å². The van der Waals surface area contributed by atoms with Gasteiger partial charge in [-0.25, -0.2) is 0 Å². The molecule has 0 saturated carbocycles. The highest BCUT2D eigenvalue weighted by molar-refractivity contribution is 9.13. The predicted molar refractivity (Wildman–Crippen MR) is 94.2 cm³/mol. The topological polar surface area (TPSA) is 20.3 Å². The Balaban J connectivity index is 1.88. The maximum absolute atomic E-state index is 12.7. The van der Waals surface area contributed by atoms with Crippen LogP contribution in [-0.4, -0.2) is 17.4 Å². The summed E-state index contributed by atoms with van der Waals surface area (Å²) in [4.78, 5) is 15.5. The van der Waals surface area contributed by atoms with Crippen molar-refractivity contribution in [2.24, 2.45) is 0 Å². The summed E-state index contributed by atoms with van der Waals surface area (Å²) >= 11 is 14.4. The maximum Gasteiger partial charge on any atom is 0.264 e. The summed E-state index contributed by atoms with van der Waals surface area (Å²) in [6, 6.07) is 9.80. The Hall–Kier alpha value is -0.360. The maximum atomic E-state index is 12.7. The van der Waals surface area contributed by atoms with Crippen molar-refractivity contribution in [2.75, 3.05) is 6.54 Å². The SMILES string of the molecule is O=C(c1cc(Br)c(Br)s1)N1CCCC1c1cccc(Cl)c1. The smallest absolute Gasteiger partial charge is 0.264 e. The molecule has 3 rings (SSSR count). The lowest BCUT2D eigenvalue weighted by molar-refractivity contribution is 0.0740. The summed E-state index contributed by atoms with van der Waals surface area (Å²) in [7, 11) is 0. The number of halogens is 3. The van der Waals surface area contributed by atoms with Crippen molar-refractivity contribution < 1.29 is 4.79 Å². The summed E-state index contributed by atoms with van der Waals surface area (Å²) in [5.74, 6) is 0.0916. The van der Waals surface area contributed by atoms with E-state index in [2.05, 4.69) is 31.9 Å². The fourth-order valence-electron chi connectivity index (χ4n) is 2.66. The first-order valence-electron chi connectivity index (χ1n) is 6.57. The first-order valence-corrected chi connectivity index (χ1v) is 9.35. The fourth-order valence-corrected chi connectivity index (χ4v) is 4.85. The van der Waals surface area contributed by atoms with Crippen molar-refractivity contribution in [2.45, 2.75) is 18.9 Å². The van der Waals surface area contributed by atoms with Crippen LogP contribution in [0.15, 0.2) is 38.6 Å². The van der Waals surface area contributed by atoms with Crippen molar-refractivity contribution in [3.63, 3.8) is 0 Å². The highest BCUT2D eigenvalue weighted by Crippen LogP contribution is 2.37. The van der Waals surface area contributed by atoms with E-state index in [9.17, 15) is 4.79 Å². The van der Waals surface area contributed by atoms with Crippen LogP contribution < -0.4 is 0 Å². The van der Waals surface area contributed by atoms with E-state index in [4.69, 9.17) is 11.6 Å². The molecule has 2 nitrogen and oxygen atoms in total. The third-order valence-corrected chi connectivity index (χ3v) is 7.08. The van der Waals surface area contributed by atoms with Gasteiger partial charge < -0.3 is 4.90 Å². The monoisotopic (exact) mass is 447 g/mol. The molecule has 0 spiro atoms. The first kappa shape index (κ1) is 15.5. The number of likely N-dealkylation sites (tertiary alicyclic amines) is 1. The van der Waals surface area contributed by atoms with E-state index < -0.39 is 0 Å². The Morgan fingerprint density at radius 2 is 2.14 bits per heavy atom.